The Kier molecular flexibility index (Phi) is 14.7. The largest absolute Gasteiger partial charge is 0.481 e. The van der Waals surface area contributed by atoms with Crippen molar-refractivity contribution in [3.63, 3.8) is 0 Å². The fourth-order valence-corrected chi connectivity index (χ4v) is 2.09. The third-order valence-corrected chi connectivity index (χ3v) is 3.59. The Balaban J connectivity index is 3.97. The Morgan fingerprint density at radius 1 is 0.840 bits per heavy atom. The highest BCUT2D eigenvalue weighted by Crippen LogP contribution is 2.06. The summed E-state index contributed by atoms with van der Waals surface area (Å²) in [6, 6.07) is 0. The number of allylic oxidation sites excluding steroid dienone is 6. The van der Waals surface area contributed by atoms with Crippen LogP contribution >= 0.6 is 0 Å². The van der Waals surface area contributed by atoms with E-state index in [9.17, 15) is 20.1 Å². The van der Waals surface area contributed by atoms with Crippen LogP contribution in [-0.4, -0.2) is 44.7 Å². The molecule has 25 heavy (non-hydrogen) atoms. The lowest BCUT2D eigenvalue weighted by atomic mass is 10.1. The van der Waals surface area contributed by atoms with Crippen molar-refractivity contribution in [3.8, 4) is 0 Å². The first kappa shape index (κ1) is 23.3. The Bertz CT molecular complexity index is 451. The lowest BCUT2D eigenvalue weighted by Gasteiger charge is -2.13. The van der Waals surface area contributed by atoms with Gasteiger partial charge in [0.15, 0.2) is 0 Å². The minimum atomic E-state index is -1.01. The zero-order valence-corrected chi connectivity index (χ0v) is 15.0. The van der Waals surface area contributed by atoms with E-state index in [1.54, 1.807) is 36.5 Å². The van der Waals surface area contributed by atoms with Crippen LogP contribution in [0.5, 0.6) is 0 Å². The topological polar surface area (TPSA) is 98.0 Å². The van der Waals surface area contributed by atoms with Gasteiger partial charge in [-0.05, 0) is 19.3 Å². The van der Waals surface area contributed by atoms with E-state index in [0.29, 0.717) is 6.42 Å². The molecular formula is C20H32O5. The van der Waals surface area contributed by atoms with Crippen molar-refractivity contribution in [1.29, 1.82) is 0 Å². The molecule has 4 N–H and O–H groups in total. The second-order valence-electron chi connectivity index (χ2n) is 5.95. The number of aliphatic carboxylic acids is 1. The van der Waals surface area contributed by atoms with Gasteiger partial charge in [-0.2, -0.15) is 0 Å². The highest BCUT2D eigenvalue weighted by atomic mass is 16.4. The number of unbranched alkanes of at least 4 members (excludes halogenated alkanes) is 2. The molecule has 142 valence electrons. The second kappa shape index (κ2) is 15.8. The van der Waals surface area contributed by atoms with E-state index in [2.05, 4.69) is 6.92 Å². The van der Waals surface area contributed by atoms with Crippen LogP contribution in [-0.2, 0) is 4.79 Å². The van der Waals surface area contributed by atoms with Crippen molar-refractivity contribution in [1.82, 2.24) is 0 Å². The zero-order valence-electron chi connectivity index (χ0n) is 15.0. The molecule has 0 rings (SSSR count). The van der Waals surface area contributed by atoms with Crippen molar-refractivity contribution in [3.05, 3.63) is 48.6 Å². The molecule has 0 saturated carbocycles. The molecule has 0 fully saturated rings. The van der Waals surface area contributed by atoms with Gasteiger partial charge in [-0.1, -0.05) is 74.8 Å². The molecule has 0 unspecified atom stereocenters. The molecule has 0 aliphatic heterocycles. The third-order valence-electron chi connectivity index (χ3n) is 3.59. The molecule has 0 amide bonds. The lowest BCUT2D eigenvalue weighted by Crippen LogP contribution is -2.23. The smallest absolute Gasteiger partial charge is 0.303 e. The van der Waals surface area contributed by atoms with Gasteiger partial charge in [-0.15, -0.1) is 0 Å². The normalized spacial score (nSPS) is 16.3. The number of rotatable bonds is 14. The number of hydrogen-bond acceptors (Lipinski definition) is 4. The van der Waals surface area contributed by atoms with E-state index in [1.165, 1.54) is 6.08 Å². The fourth-order valence-electron chi connectivity index (χ4n) is 2.09. The average Bonchev–Trinajstić information content (AvgIpc) is 2.56. The Labute approximate surface area is 150 Å². The molecule has 0 bridgehead atoms. The quantitative estimate of drug-likeness (QED) is 0.284. The monoisotopic (exact) mass is 352 g/mol. The summed E-state index contributed by atoms with van der Waals surface area (Å²) in [6.07, 6.45) is 16.0. The van der Waals surface area contributed by atoms with Crippen LogP contribution in [0.4, 0.5) is 0 Å². The first-order valence-corrected chi connectivity index (χ1v) is 8.91. The van der Waals surface area contributed by atoms with Crippen LogP contribution in [0.1, 0.15) is 51.9 Å². The molecule has 0 aromatic rings. The highest BCUT2D eigenvalue weighted by Gasteiger charge is 2.12. The second-order valence-corrected chi connectivity index (χ2v) is 5.95. The maximum atomic E-state index is 10.4. The van der Waals surface area contributed by atoms with E-state index in [0.717, 1.165) is 25.7 Å². The molecule has 0 aliphatic carbocycles. The lowest BCUT2D eigenvalue weighted by molar-refractivity contribution is -0.137. The average molecular weight is 352 g/mol. The minimum absolute atomic E-state index is 0.0149. The maximum Gasteiger partial charge on any atom is 0.303 e. The summed E-state index contributed by atoms with van der Waals surface area (Å²) in [5, 5.41) is 37.6. The molecular weight excluding hydrogens is 320 g/mol. The molecule has 5 heteroatoms. The summed E-state index contributed by atoms with van der Waals surface area (Å²) < 4.78 is 0. The zero-order chi connectivity index (χ0) is 18.9. The van der Waals surface area contributed by atoms with Crippen LogP contribution in [0.2, 0.25) is 0 Å². The number of carboxylic acid groups (broad SMARTS) is 1. The van der Waals surface area contributed by atoms with Crippen LogP contribution < -0.4 is 0 Å². The van der Waals surface area contributed by atoms with Gasteiger partial charge in [0.1, 0.15) is 0 Å². The molecule has 3 atom stereocenters. The fraction of sp³-hybridized carbons (Fsp3) is 0.550. The SMILES string of the molecule is CCCCC[C@@H](O)\C=C/C=C/C=C\C=C/[C@@H](O)[C@@H](O)CCCC(=O)O. The first-order valence-electron chi connectivity index (χ1n) is 8.91. The Morgan fingerprint density at radius 3 is 2.04 bits per heavy atom. The Morgan fingerprint density at radius 2 is 1.44 bits per heavy atom. The van der Waals surface area contributed by atoms with Crippen molar-refractivity contribution in [2.45, 2.75) is 70.2 Å². The van der Waals surface area contributed by atoms with Gasteiger partial charge < -0.3 is 20.4 Å². The number of aliphatic hydroxyl groups is 3. The summed E-state index contributed by atoms with van der Waals surface area (Å²) >= 11 is 0. The van der Waals surface area contributed by atoms with Crippen molar-refractivity contribution >= 4 is 5.97 Å². The van der Waals surface area contributed by atoms with Crippen molar-refractivity contribution in [2.75, 3.05) is 0 Å². The summed E-state index contributed by atoms with van der Waals surface area (Å²) in [5.41, 5.74) is 0. The minimum Gasteiger partial charge on any atom is -0.481 e. The van der Waals surface area contributed by atoms with Gasteiger partial charge in [0.25, 0.3) is 0 Å². The molecule has 0 aromatic heterocycles. The molecule has 0 saturated heterocycles. The van der Waals surface area contributed by atoms with E-state index >= 15 is 0 Å². The molecule has 0 aliphatic rings. The predicted molar refractivity (Wildman–Crippen MR) is 100 cm³/mol. The first-order chi connectivity index (χ1) is 12.0. The van der Waals surface area contributed by atoms with Crippen molar-refractivity contribution in [2.24, 2.45) is 0 Å². The highest BCUT2D eigenvalue weighted by molar-refractivity contribution is 5.66. The molecule has 0 aromatic carbocycles. The number of carbonyl (C=O) groups is 1. The summed E-state index contributed by atoms with van der Waals surface area (Å²) in [5.74, 6) is -0.908. The number of carboxylic acids is 1. The van der Waals surface area contributed by atoms with E-state index in [4.69, 9.17) is 5.11 Å². The van der Waals surface area contributed by atoms with Gasteiger partial charge >= 0.3 is 5.97 Å². The van der Waals surface area contributed by atoms with Crippen LogP contribution in [0.3, 0.4) is 0 Å². The van der Waals surface area contributed by atoms with E-state index < -0.39 is 24.3 Å². The summed E-state index contributed by atoms with van der Waals surface area (Å²) in [6.45, 7) is 2.13. The van der Waals surface area contributed by atoms with Gasteiger partial charge in [0.05, 0.1) is 18.3 Å². The number of hydrogen-bond donors (Lipinski definition) is 4. The molecule has 0 spiro atoms. The molecule has 0 radical (unpaired) electrons. The van der Waals surface area contributed by atoms with Gasteiger partial charge in [-0.25, -0.2) is 0 Å². The third kappa shape index (κ3) is 15.6. The maximum absolute atomic E-state index is 10.4. The summed E-state index contributed by atoms with van der Waals surface area (Å²) in [4.78, 5) is 10.4. The van der Waals surface area contributed by atoms with Gasteiger partial charge in [0.2, 0.25) is 0 Å². The Hall–Kier alpha value is -1.69. The van der Waals surface area contributed by atoms with Crippen molar-refractivity contribution < 1.29 is 25.2 Å². The van der Waals surface area contributed by atoms with E-state index in [1.807, 2.05) is 6.08 Å². The standard InChI is InChI=1S/C20H32O5/c1-2-3-8-12-17(21)13-9-6-4-5-7-10-14-18(22)19(23)15-11-16-20(24)25/h4-7,9-10,13-14,17-19,21-23H,2-3,8,11-12,15-16H2,1H3,(H,24,25)/b6-4+,7-5-,13-9-,14-10-/t17-,18-,19+/m1/s1. The molecule has 5 nitrogen and oxygen atoms in total. The summed E-state index contributed by atoms with van der Waals surface area (Å²) in [7, 11) is 0. The number of aliphatic hydroxyl groups excluding tert-OH is 3. The molecule has 0 heterocycles. The van der Waals surface area contributed by atoms with Crippen LogP contribution in [0, 0.1) is 0 Å². The van der Waals surface area contributed by atoms with Crippen LogP contribution in [0.25, 0.3) is 0 Å². The van der Waals surface area contributed by atoms with Crippen LogP contribution in [0.15, 0.2) is 48.6 Å². The van der Waals surface area contributed by atoms with Gasteiger partial charge in [-0.3, -0.25) is 4.79 Å². The predicted octanol–water partition coefficient (Wildman–Crippen LogP) is 3.13. The van der Waals surface area contributed by atoms with Gasteiger partial charge in [0, 0.05) is 6.42 Å². The van der Waals surface area contributed by atoms with E-state index in [-0.39, 0.29) is 12.8 Å².